The van der Waals surface area contributed by atoms with Gasteiger partial charge in [0.05, 0.1) is 18.0 Å². The van der Waals surface area contributed by atoms with Crippen LogP contribution in [0.3, 0.4) is 0 Å². The molecule has 6 heteroatoms. The van der Waals surface area contributed by atoms with Gasteiger partial charge >= 0.3 is 0 Å². The van der Waals surface area contributed by atoms with E-state index in [9.17, 15) is 14.3 Å². The van der Waals surface area contributed by atoms with E-state index in [1.807, 2.05) is 61.5 Å². The minimum Gasteiger partial charge on any atom is -0.390 e. The lowest BCUT2D eigenvalue weighted by Crippen LogP contribution is -2.33. The van der Waals surface area contributed by atoms with Crippen molar-refractivity contribution in [1.82, 2.24) is 5.32 Å². The molecule has 1 aliphatic carbocycles. The number of aryl methyl sites for hydroxylation is 1. The maximum Gasteiger partial charge on any atom is 0.251 e. The van der Waals surface area contributed by atoms with E-state index < -0.39 is 12.1 Å². The molecular weight excluding hydrogens is 489 g/mol. The summed E-state index contributed by atoms with van der Waals surface area (Å²) in [5, 5.41) is 17.1. The van der Waals surface area contributed by atoms with Gasteiger partial charge in [-0.1, -0.05) is 54.6 Å². The highest BCUT2D eigenvalue weighted by Crippen LogP contribution is 2.34. The van der Waals surface area contributed by atoms with E-state index in [0.717, 1.165) is 45.8 Å². The number of halogens is 1. The molecule has 0 heterocycles. The largest absolute Gasteiger partial charge is 0.390 e. The molecule has 0 bridgehead atoms. The van der Waals surface area contributed by atoms with E-state index in [2.05, 4.69) is 34.7 Å². The van der Waals surface area contributed by atoms with E-state index in [0.29, 0.717) is 18.5 Å². The second-order valence-electron chi connectivity index (χ2n) is 10.00. The topological polar surface area (TPSA) is 73.7 Å². The lowest BCUT2D eigenvalue weighted by atomic mass is 9.99. The Kier molecular flexibility index (Phi) is 7.84. The van der Waals surface area contributed by atoms with Gasteiger partial charge in [0.25, 0.3) is 5.91 Å². The Bertz CT molecular complexity index is 1500. The summed E-state index contributed by atoms with van der Waals surface area (Å²) in [6.45, 7) is 4.54. The number of carbonyl (C=O) groups is 1. The molecule has 0 fully saturated rings. The number of benzene rings is 4. The van der Waals surface area contributed by atoms with Crippen LogP contribution in [0.2, 0.25) is 0 Å². The number of nitrogens with zero attached hydrogens (tertiary/aromatic N) is 1. The summed E-state index contributed by atoms with van der Waals surface area (Å²) in [5.74, 6) is 0.289. The van der Waals surface area contributed by atoms with E-state index in [4.69, 9.17) is 0 Å². The Balaban J connectivity index is 1.24. The molecule has 5 rings (SSSR count). The van der Waals surface area contributed by atoms with Crippen molar-refractivity contribution in [3.63, 3.8) is 0 Å². The van der Waals surface area contributed by atoms with E-state index in [1.165, 1.54) is 17.7 Å². The summed E-state index contributed by atoms with van der Waals surface area (Å²) in [6, 6.07) is 27.6. The zero-order chi connectivity index (χ0) is 27.4. The molecule has 0 saturated carbocycles. The molecule has 0 saturated heterocycles. The van der Waals surface area contributed by atoms with Crippen molar-refractivity contribution >= 4 is 17.4 Å². The summed E-state index contributed by atoms with van der Waals surface area (Å²) in [4.78, 5) is 17.7. The van der Waals surface area contributed by atoms with Gasteiger partial charge in [0, 0.05) is 24.2 Å². The van der Waals surface area contributed by atoms with Crippen LogP contribution in [0, 0.1) is 12.7 Å². The van der Waals surface area contributed by atoms with Gasteiger partial charge in [0.1, 0.15) is 5.82 Å². The summed E-state index contributed by atoms with van der Waals surface area (Å²) in [6.07, 6.45) is 0.503. The summed E-state index contributed by atoms with van der Waals surface area (Å²) in [5.41, 5.74) is 7.70. The number of rotatable bonds is 7. The number of anilines is 1. The highest BCUT2D eigenvalue weighted by molar-refractivity contribution is 5.95. The monoisotopic (exact) mass is 521 g/mol. The van der Waals surface area contributed by atoms with Crippen molar-refractivity contribution in [3.05, 3.63) is 125 Å². The van der Waals surface area contributed by atoms with E-state index in [1.54, 1.807) is 12.1 Å². The number of amidine groups is 1. The van der Waals surface area contributed by atoms with Gasteiger partial charge < -0.3 is 15.7 Å². The molecular formula is C33H32FN3O2. The van der Waals surface area contributed by atoms with Crippen molar-refractivity contribution in [2.24, 2.45) is 4.99 Å². The maximum atomic E-state index is 13.1. The molecule has 39 heavy (non-hydrogen) atoms. The Labute approximate surface area is 228 Å². The van der Waals surface area contributed by atoms with Crippen LogP contribution in [0.4, 0.5) is 10.1 Å². The predicted molar refractivity (Wildman–Crippen MR) is 155 cm³/mol. The molecule has 4 aromatic rings. The third-order valence-corrected chi connectivity index (χ3v) is 7.17. The average molecular weight is 522 g/mol. The maximum absolute atomic E-state index is 13.1. The lowest BCUT2D eigenvalue weighted by molar-refractivity contribution is 0.0858. The number of hydrogen-bond donors (Lipinski definition) is 3. The van der Waals surface area contributed by atoms with Crippen LogP contribution in [-0.4, -0.2) is 29.5 Å². The highest BCUT2D eigenvalue weighted by atomic mass is 19.1. The number of hydrogen-bond acceptors (Lipinski definition) is 3. The zero-order valence-corrected chi connectivity index (χ0v) is 22.1. The van der Waals surface area contributed by atoms with Crippen molar-refractivity contribution < 1.29 is 14.3 Å². The van der Waals surface area contributed by atoms with Crippen LogP contribution in [0.5, 0.6) is 0 Å². The van der Waals surface area contributed by atoms with Crippen LogP contribution in [-0.2, 0) is 12.8 Å². The number of aliphatic hydroxyl groups excluding tert-OH is 1. The van der Waals surface area contributed by atoms with Crippen LogP contribution in [0.1, 0.15) is 45.6 Å². The number of carbonyl (C=O) groups excluding carboxylic acids is 1. The minimum absolute atomic E-state index is 0.222. The average Bonchev–Trinajstić information content (AvgIpc) is 3.24. The smallest absolute Gasteiger partial charge is 0.251 e. The number of aliphatic hydroxyl groups is 1. The van der Waals surface area contributed by atoms with Crippen LogP contribution in [0.25, 0.3) is 11.1 Å². The lowest BCUT2D eigenvalue weighted by Gasteiger charge is -2.19. The third-order valence-electron chi connectivity index (χ3n) is 7.17. The molecule has 0 radical (unpaired) electrons. The molecule has 0 unspecified atom stereocenters. The molecule has 5 nitrogen and oxygen atoms in total. The van der Waals surface area contributed by atoms with E-state index >= 15 is 0 Å². The first-order chi connectivity index (χ1) is 18.9. The van der Waals surface area contributed by atoms with E-state index in [-0.39, 0.29) is 11.7 Å². The van der Waals surface area contributed by atoms with Gasteiger partial charge in [-0.15, -0.1) is 0 Å². The number of nitrogens with one attached hydrogen (secondary N) is 2. The Morgan fingerprint density at radius 1 is 1.00 bits per heavy atom. The van der Waals surface area contributed by atoms with Crippen molar-refractivity contribution in [1.29, 1.82) is 0 Å². The standard InChI is InChI=1S/C33H32FN3O2/c1-21-5-3-4-6-29(21)24-9-11-25(12-10-24)33(39)37-32-30-20-28(16-13-26(30)19-31(32)38)36-22(2)35-18-17-23-7-14-27(34)15-8-23/h3-16,20,31-32,38H,17-19H2,1-2H3,(H,35,36)(H,37,39)/t31-,32-/m1/s1. The van der Waals surface area contributed by atoms with Crippen molar-refractivity contribution in [3.8, 4) is 11.1 Å². The van der Waals surface area contributed by atoms with Gasteiger partial charge in [0.15, 0.2) is 0 Å². The fourth-order valence-corrected chi connectivity index (χ4v) is 5.05. The first kappa shape index (κ1) is 26.3. The fourth-order valence-electron chi connectivity index (χ4n) is 5.05. The second-order valence-corrected chi connectivity index (χ2v) is 10.00. The summed E-state index contributed by atoms with van der Waals surface area (Å²) >= 11 is 0. The molecule has 0 aromatic heterocycles. The predicted octanol–water partition coefficient (Wildman–Crippen LogP) is 6.26. The molecule has 3 N–H and O–H groups in total. The van der Waals surface area contributed by atoms with Crippen molar-refractivity contribution in [2.75, 3.05) is 11.9 Å². The molecule has 2 atom stereocenters. The third kappa shape index (κ3) is 6.24. The minimum atomic E-state index is -0.698. The normalized spacial score (nSPS) is 16.6. The highest BCUT2D eigenvalue weighted by Gasteiger charge is 2.32. The first-order valence-corrected chi connectivity index (χ1v) is 13.2. The molecule has 1 amide bonds. The summed E-state index contributed by atoms with van der Waals surface area (Å²) in [7, 11) is 0. The van der Waals surface area contributed by atoms with Crippen LogP contribution >= 0.6 is 0 Å². The molecule has 0 spiro atoms. The van der Waals surface area contributed by atoms with Gasteiger partial charge in [-0.05, 0) is 90.0 Å². The second kappa shape index (κ2) is 11.6. The number of fused-ring (bicyclic) bond motifs is 1. The molecule has 0 aliphatic heterocycles. The van der Waals surface area contributed by atoms with Gasteiger partial charge in [-0.25, -0.2) is 4.39 Å². The molecule has 1 aliphatic rings. The number of aliphatic imine (C=N–C) groups is 1. The van der Waals surface area contributed by atoms with Crippen LogP contribution < -0.4 is 10.6 Å². The number of amides is 1. The zero-order valence-electron chi connectivity index (χ0n) is 22.1. The first-order valence-electron chi connectivity index (χ1n) is 13.2. The fraction of sp³-hybridized carbons (Fsp3) is 0.212. The SMILES string of the molecule is CC(=NCCc1ccc(F)cc1)Nc1ccc2c(c1)[C@@H](NC(=O)c1ccc(-c3ccccc3C)cc1)[C@H](O)C2. The summed E-state index contributed by atoms with van der Waals surface area (Å²) < 4.78 is 13.1. The molecule has 198 valence electrons. The molecule has 4 aromatic carbocycles. The van der Waals surface area contributed by atoms with Crippen LogP contribution in [0.15, 0.2) is 96.0 Å². The Hall–Kier alpha value is -4.29. The van der Waals surface area contributed by atoms with Gasteiger partial charge in [0.2, 0.25) is 0 Å². The van der Waals surface area contributed by atoms with Gasteiger partial charge in [-0.2, -0.15) is 0 Å². The quantitative estimate of drug-likeness (QED) is 0.198. The van der Waals surface area contributed by atoms with Gasteiger partial charge in [-0.3, -0.25) is 9.79 Å². The Morgan fingerprint density at radius 3 is 2.49 bits per heavy atom. The Morgan fingerprint density at radius 2 is 1.74 bits per heavy atom. The van der Waals surface area contributed by atoms with Crippen molar-refractivity contribution in [2.45, 2.75) is 38.8 Å².